The van der Waals surface area contributed by atoms with Crippen molar-refractivity contribution in [3.8, 4) is 0 Å². The molecule has 1 heterocycles. The van der Waals surface area contributed by atoms with E-state index in [0.717, 1.165) is 35.8 Å². The predicted octanol–water partition coefficient (Wildman–Crippen LogP) is 4.97. The fraction of sp³-hybridized carbons (Fsp3) is 1.00. The number of likely N-dealkylation sites (tertiary alicyclic amines) is 1. The summed E-state index contributed by atoms with van der Waals surface area (Å²) in [5.41, 5.74) is 0.754. The summed E-state index contributed by atoms with van der Waals surface area (Å²) in [7, 11) is 0. The molecule has 0 amide bonds. The Bertz CT molecular complexity index is 387. The van der Waals surface area contributed by atoms with Crippen molar-refractivity contribution in [2.45, 2.75) is 85.3 Å². The maximum absolute atomic E-state index is 6.18. The maximum Gasteiger partial charge on any atom is 0.0575 e. The third-order valence-corrected chi connectivity index (χ3v) is 7.70. The van der Waals surface area contributed by atoms with Gasteiger partial charge in [-0.1, -0.05) is 27.7 Å². The highest BCUT2D eigenvalue weighted by Crippen LogP contribution is 2.57. The van der Waals surface area contributed by atoms with Gasteiger partial charge in [0.2, 0.25) is 0 Å². The molecule has 1 aliphatic heterocycles. The molecule has 0 radical (unpaired) electrons. The van der Waals surface area contributed by atoms with Gasteiger partial charge < -0.3 is 4.74 Å². The molecule has 2 nitrogen and oxygen atoms in total. The van der Waals surface area contributed by atoms with E-state index >= 15 is 0 Å². The second kappa shape index (κ2) is 7.04. The summed E-state index contributed by atoms with van der Waals surface area (Å²) < 4.78 is 6.18. The molecule has 1 spiro atoms. The minimum atomic E-state index is 0.400. The molecule has 1 saturated heterocycles. The first kappa shape index (κ1) is 17.7. The van der Waals surface area contributed by atoms with Gasteiger partial charge in [0.05, 0.1) is 6.10 Å². The topological polar surface area (TPSA) is 12.5 Å². The molecule has 3 fully saturated rings. The SMILES string of the molecule is CCC(C(C)[C@@H](C)C(C)OCC1CC1)N1CCC2(CC2)[C@H](C)C1. The first-order valence-corrected chi connectivity index (χ1v) is 10.3. The van der Waals surface area contributed by atoms with Crippen LogP contribution in [0.15, 0.2) is 0 Å². The highest BCUT2D eigenvalue weighted by Gasteiger charge is 2.50. The zero-order valence-electron chi connectivity index (χ0n) is 16.2. The lowest BCUT2D eigenvalue weighted by molar-refractivity contribution is -0.0213. The number of nitrogens with zero attached hydrogens (tertiary/aromatic N) is 1. The van der Waals surface area contributed by atoms with Gasteiger partial charge in [-0.25, -0.2) is 0 Å². The molecule has 3 unspecified atom stereocenters. The normalized spacial score (nSPS) is 32.5. The minimum absolute atomic E-state index is 0.400. The number of hydrogen-bond acceptors (Lipinski definition) is 2. The average Bonchev–Trinajstić information content (AvgIpc) is 3.44. The van der Waals surface area contributed by atoms with Crippen LogP contribution in [-0.4, -0.2) is 36.7 Å². The zero-order chi connectivity index (χ0) is 16.6. The van der Waals surface area contributed by atoms with Gasteiger partial charge in [0.25, 0.3) is 0 Å². The Morgan fingerprint density at radius 3 is 2.30 bits per heavy atom. The van der Waals surface area contributed by atoms with Crippen molar-refractivity contribution in [3.63, 3.8) is 0 Å². The molecule has 0 N–H and O–H groups in total. The highest BCUT2D eigenvalue weighted by atomic mass is 16.5. The van der Waals surface area contributed by atoms with Crippen LogP contribution in [-0.2, 0) is 4.74 Å². The van der Waals surface area contributed by atoms with Crippen LogP contribution < -0.4 is 0 Å². The van der Waals surface area contributed by atoms with E-state index in [9.17, 15) is 0 Å². The van der Waals surface area contributed by atoms with Crippen LogP contribution >= 0.6 is 0 Å². The molecule has 0 aromatic carbocycles. The van der Waals surface area contributed by atoms with E-state index in [0.29, 0.717) is 12.0 Å². The van der Waals surface area contributed by atoms with Crippen LogP contribution in [0.3, 0.4) is 0 Å². The number of hydrogen-bond donors (Lipinski definition) is 0. The quantitative estimate of drug-likeness (QED) is 0.625. The van der Waals surface area contributed by atoms with E-state index in [4.69, 9.17) is 4.74 Å². The summed E-state index contributed by atoms with van der Waals surface area (Å²) in [6, 6.07) is 0.732. The van der Waals surface area contributed by atoms with Gasteiger partial charge in [0.15, 0.2) is 0 Å². The summed E-state index contributed by atoms with van der Waals surface area (Å²) in [6.45, 7) is 15.7. The molecule has 3 rings (SSSR count). The number of ether oxygens (including phenoxy) is 1. The monoisotopic (exact) mass is 321 g/mol. The molecule has 0 aromatic rings. The number of rotatable bonds is 8. The smallest absolute Gasteiger partial charge is 0.0575 e. The molecule has 2 saturated carbocycles. The van der Waals surface area contributed by atoms with Crippen molar-refractivity contribution in [3.05, 3.63) is 0 Å². The van der Waals surface area contributed by atoms with Gasteiger partial charge in [0, 0.05) is 19.2 Å². The molecular weight excluding hydrogens is 282 g/mol. The fourth-order valence-electron chi connectivity index (χ4n) is 4.92. The Kier molecular flexibility index (Phi) is 5.43. The molecule has 2 aliphatic carbocycles. The third kappa shape index (κ3) is 3.95. The lowest BCUT2D eigenvalue weighted by Crippen LogP contribution is -2.50. The molecule has 0 bridgehead atoms. The minimum Gasteiger partial charge on any atom is -0.378 e. The Morgan fingerprint density at radius 1 is 1.09 bits per heavy atom. The summed E-state index contributed by atoms with van der Waals surface area (Å²) in [5.74, 6) is 3.14. The summed E-state index contributed by atoms with van der Waals surface area (Å²) >= 11 is 0. The van der Waals surface area contributed by atoms with Gasteiger partial charge in [-0.2, -0.15) is 0 Å². The van der Waals surface area contributed by atoms with Gasteiger partial charge in [0.1, 0.15) is 0 Å². The Hall–Kier alpha value is -0.0800. The van der Waals surface area contributed by atoms with Gasteiger partial charge in [-0.05, 0) is 81.1 Å². The molecular formula is C21H39NO. The van der Waals surface area contributed by atoms with Crippen molar-refractivity contribution in [2.75, 3.05) is 19.7 Å². The zero-order valence-corrected chi connectivity index (χ0v) is 16.2. The van der Waals surface area contributed by atoms with Crippen molar-refractivity contribution in [1.29, 1.82) is 0 Å². The molecule has 5 atom stereocenters. The van der Waals surface area contributed by atoms with Gasteiger partial charge >= 0.3 is 0 Å². The predicted molar refractivity (Wildman–Crippen MR) is 97.6 cm³/mol. The van der Waals surface area contributed by atoms with Crippen LogP contribution in [0, 0.1) is 29.1 Å². The summed E-state index contributed by atoms with van der Waals surface area (Å²) in [6.07, 6.45) is 8.90. The summed E-state index contributed by atoms with van der Waals surface area (Å²) in [5, 5.41) is 0. The summed E-state index contributed by atoms with van der Waals surface area (Å²) in [4.78, 5) is 2.82. The van der Waals surface area contributed by atoms with Gasteiger partial charge in [-0.15, -0.1) is 0 Å². The molecule has 3 aliphatic rings. The Morgan fingerprint density at radius 2 is 1.78 bits per heavy atom. The van der Waals surface area contributed by atoms with E-state index in [2.05, 4.69) is 39.5 Å². The second-order valence-electron chi connectivity index (χ2n) is 9.18. The number of piperidine rings is 1. The second-order valence-corrected chi connectivity index (χ2v) is 9.18. The van der Waals surface area contributed by atoms with E-state index in [1.54, 1.807) is 0 Å². The van der Waals surface area contributed by atoms with E-state index in [1.165, 1.54) is 51.6 Å². The van der Waals surface area contributed by atoms with Crippen LogP contribution in [0.5, 0.6) is 0 Å². The maximum atomic E-state index is 6.18. The average molecular weight is 322 g/mol. The van der Waals surface area contributed by atoms with E-state index < -0.39 is 0 Å². The first-order valence-electron chi connectivity index (χ1n) is 10.3. The first-order chi connectivity index (χ1) is 11.0. The lowest BCUT2D eigenvalue weighted by atomic mass is 9.79. The van der Waals surface area contributed by atoms with Crippen LogP contribution in [0.2, 0.25) is 0 Å². The highest BCUT2D eigenvalue weighted by molar-refractivity contribution is 5.02. The molecule has 2 heteroatoms. The van der Waals surface area contributed by atoms with Crippen LogP contribution in [0.1, 0.15) is 73.1 Å². The van der Waals surface area contributed by atoms with Gasteiger partial charge in [-0.3, -0.25) is 4.90 Å². The fourth-order valence-corrected chi connectivity index (χ4v) is 4.92. The Labute approximate surface area is 144 Å². The van der Waals surface area contributed by atoms with Crippen molar-refractivity contribution in [1.82, 2.24) is 4.90 Å². The molecule has 134 valence electrons. The largest absolute Gasteiger partial charge is 0.378 e. The van der Waals surface area contributed by atoms with E-state index in [-0.39, 0.29) is 0 Å². The van der Waals surface area contributed by atoms with Crippen molar-refractivity contribution in [2.24, 2.45) is 29.1 Å². The van der Waals surface area contributed by atoms with Crippen LogP contribution in [0.4, 0.5) is 0 Å². The third-order valence-electron chi connectivity index (χ3n) is 7.70. The van der Waals surface area contributed by atoms with Crippen molar-refractivity contribution < 1.29 is 4.74 Å². The van der Waals surface area contributed by atoms with E-state index in [1.807, 2.05) is 0 Å². The molecule has 0 aromatic heterocycles. The molecule has 23 heavy (non-hydrogen) atoms. The van der Waals surface area contributed by atoms with Crippen molar-refractivity contribution >= 4 is 0 Å². The Balaban J connectivity index is 1.53. The standard InChI is InChI=1S/C21H39NO/c1-6-20(22-12-11-21(9-10-21)15(2)13-22)17(4)16(3)18(5)23-14-19-7-8-19/h15-20H,6-14H2,1-5H3/t15-,16-,17?,18?,20?/m1/s1. The lowest BCUT2D eigenvalue weighted by Gasteiger charge is -2.45. The van der Waals surface area contributed by atoms with Crippen LogP contribution in [0.25, 0.3) is 0 Å².